The molecule has 0 unspecified atom stereocenters. The van der Waals surface area contributed by atoms with E-state index in [-0.39, 0.29) is 11.8 Å². The summed E-state index contributed by atoms with van der Waals surface area (Å²) in [5.74, 6) is 1.55. The number of nitrogens with one attached hydrogen (secondary N) is 1. The molecule has 1 rings (SSSR count). The van der Waals surface area contributed by atoms with E-state index >= 15 is 0 Å². The SMILES string of the molecule is CNC(=O)CCSc1nnc(C(C)C)o1. The van der Waals surface area contributed by atoms with Crippen molar-refractivity contribution in [2.24, 2.45) is 0 Å². The average Bonchev–Trinajstić information content (AvgIpc) is 2.66. The highest BCUT2D eigenvalue weighted by Gasteiger charge is 2.10. The molecular formula is C9H15N3O2S. The van der Waals surface area contributed by atoms with Crippen LogP contribution in [0.25, 0.3) is 0 Å². The molecule has 0 bridgehead atoms. The molecule has 0 saturated heterocycles. The van der Waals surface area contributed by atoms with Gasteiger partial charge in [-0.1, -0.05) is 25.6 Å². The molecule has 0 fully saturated rings. The molecule has 84 valence electrons. The molecule has 0 aromatic carbocycles. The molecule has 0 atom stereocenters. The zero-order valence-electron chi connectivity index (χ0n) is 9.11. The molecule has 0 aliphatic rings. The van der Waals surface area contributed by atoms with E-state index in [0.29, 0.717) is 23.3 Å². The summed E-state index contributed by atoms with van der Waals surface area (Å²) in [5.41, 5.74) is 0. The molecule has 5 nitrogen and oxygen atoms in total. The van der Waals surface area contributed by atoms with Gasteiger partial charge in [0.2, 0.25) is 11.8 Å². The summed E-state index contributed by atoms with van der Waals surface area (Å²) in [6, 6.07) is 0. The van der Waals surface area contributed by atoms with Crippen molar-refractivity contribution in [3.05, 3.63) is 5.89 Å². The molecule has 0 aliphatic carbocycles. The molecule has 0 aliphatic heterocycles. The minimum Gasteiger partial charge on any atom is -0.416 e. The van der Waals surface area contributed by atoms with Crippen molar-refractivity contribution in [3.8, 4) is 0 Å². The average molecular weight is 229 g/mol. The molecular weight excluding hydrogens is 214 g/mol. The maximum atomic E-state index is 10.9. The predicted molar refractivity (Wildman–Crippen MR) is 57.8 cm³/mol. The molecule has 15 heavy (non-hydrogen) atoms. The van der Waals surface area contributed by atoms with Gasteiger partial charge in [0.15, 0.2) is 0 Å². The van der Waals surface area contributed by atoms with Gasteiger partial charge in [0.1, 0.15) is 0 Å². The Bertz CT molecular complexity index is 325. The van der Waals surface area contributed by atoms with Gasteiger partial charge in [-0.15, -0.1) is 10.2 Å². The van der Waals surface area contributed by atoms with Crippen molar-refractivity contribution in [1.82, 2.24) is 15.5 Å². The Kier molecular flexibility index (Phi) is 4.61. The first-order valence-electron chi connectivity index (χ1n) is 4.80. The lowest BCUT2D eigenvalue weighted by molar-refractivity contribution is -0.120. The van der Waals surface area contributed by atoms with E-state index in [4.69, 9.17) is 4.42 Å². The van der Waals surface area contributed by atoms with Gasteiger partial charge in [-0.25, -0.2) is 0 Å². The number of hydrogen-bond acceptors (Lipinski definition) is 5. The fraction of sp³-hybridized carbons (Fsp3) is 0.667. The van der Waals surface area contributed by atoms with Crippen LogP contribution < -0.4 is 5.32 Å². The van der Waals surface area contributed by atoms with Gasteiger partial charge in [-0.3, -0.25) is 4.79 Å². The maximum absolute atomic E-state index is 10.9. The van der Waals surface area contributed by atoms with Crippen molar-refractivity contribution in [2.45, 2.75) is 31.4 Å². The normalized spacial score (nSPS) is 10.7. The van der Waals surface area contributed by atoms with Crippen molar-refractivity contribution in [3.63, 3.8) is 0 Å². The third kappa shape index (κ3) is 3.91. The fourth-order valence-corrected chi connectivity index (χ4v) is 1.57. The standard InChI is InChI=1S/C9H15N3O2S/c1-6(2)8-11-12-9(14-8)15-5-4-7(13)10-3/h6H,4-5H2,1-3H3,(H,10,13). The first kappa shape index (κ1) is 12.0. The van der Waals surface area contributed by atoms with Crippen LogP contribution in [-0.2, 0) is 4.79 Å². The number of carbonyl (C=O) groups excluding carboxylic acids is 1. The summed E-state index contributed by atoms with van der Waals surface area (Å²) in [7, 11) is 1.62. The number of hydrogen-bond donors (Lipinski definition) is 1. The number of nitrogens with zero attached hydrogens (tertiary/aromatic N) is 2. The van der Waals surface area contributed by atoms with Crippen LogP contribution in [-0.4, -0.2) is 28.9 Å². The Hall–Kier alpha value is -1.04. The minimum atomic E-state index is 0.0195. The molecule has 1 N–H and O–H groups in total. The highest BCUT2D eigenvalue weighted by Crippen LogP contribution is 2.20. The quantitative estimate of drug-likeness (QED) is 0.773. The van der Waals surface area contributed by atoms with Gasteiger partial charge < -0.3 is 9.73 Å². The van der Waals surface area contributed by atoms with Gasteiger partial charge in [0.25, 0.3) is 5.22 Å². The van der Waals surface area contributed by atoms with E-state index in [0.717, 1.165) is 0 Å². The fourth-order valence-electron chi connectivity index (χ4n) is 0.868. The molecule has 1 aromatic heterocycles. The van der Waals surface area contributed by atoms with E-state index in [9.17, 15) is 4.79 Å². The monoisotopic (exact) mass is 229 g/mol. The second kappa shape index (κ2) is 5.75. The Balaban J connectivity index is 2.34. The minimum absolute atomic E-state index is 0.0195. The smallest absolute Gasteiger partial charge is 0.276 e. The Morgan fingerprint density at radius 3 is 2.80 bits per heavy atom. The Morgan fingerprint density at radius 1 is 1.53 bits per heavy atom. The van der Waals surface area contributed by atoms with Gasteiger partial charge in [0.05, 0.1) is 0 Å². The van der Waals surface area contributed by atoms with E-state index < -0.39 is 0 Å². The van der Waals surface area contributed by atoms with Gasteiger partial charge >= 0.3 is 0 Å². The van der Waals surface area contributed by atoms with E-state index in [2.05, 4.69) is 15.5 Å². The van der Waals surface area contributed by atoms with Crippen LogP contribution in [0, 0.1) is 0 Å². The van der Waals surface area contributed by atoms with Crippen molar-refractivity contribution >= 4 is 17.7 Å². The summed E-state index contributed by atoms with van der Waals surface area (Å²) < 4.78 is 5.37. The van der Waals surface area contributed by atoms with Crippen LogP contribution in [0.1, 0.15) is 32.1 Å². The van der Waals surface area contributed by atoms with Gasteiger partial charge in [-0.2, -0.15) is 0 Å². The Labute approximate surface area is 93.0 Å². The maximum Gasteiger partial charge on any atom is 0.276 e. The molecule has 0 radical (unpaired) electrons. The number of carbonyl (C=O) groups is 1. The van der Waals surface area contributed by atoms with Crippen molar-refractivity contribution < 1.29 is 9.21 Å². The van der Waals surface area contributed by atoms with Gasteiger partial charge in [-0.05, 0) is 0 Å². The van der Waals surface area contributed by atoms with Crippen LogP contribution >= 0.6 is 11.8 Å². The van der Waals surface area contributed by atoms with Gasteiger partial charge in [0, 0.05) is 25.1 Å². The summed E-state index contributed by atoms with van der Waals surface area (Å²) in [6.45, 7) is 3.99. The Morgan fingerprint density at radius 2 is 2.27 bits per heavy atom. The topological polar surface area (TPSA) is 68.0 Å². The number of thioether (sulfide) groups is 1. The third-order valence-corrected chi connectivity index (χ3v) is 2.57. The molecule has 0 saturated carbocycles. The van der Waals surface area contributed by atoms with E-state index in [1.807, 2.05) is 13.8 Å². The van der Waals surface area contributed by atoms with Crippen LogP contribution in [0.15, 0.2) is 9.64 Å². The second-order valence-corrected chi connectivity index (χ2v) is 4.38. The van der Waals surface area contributed by atoms with Crippen molar-refractivity contribution in [1.29, 1.82) is 0 Å². The lowest BCUT2D eigenvalue weighted by Crippen LogP contribution is -2.17. The van der Waals surface area contributed by atoms with E-state index in [1.165, 1.54) is 11.8 Å². The predicted octanol–water partition coefficient (Wildman–Crippen LogP) is 1.42. The second-order valence-electron chi connectivity index (χ2n) is 3.33. The zero-order chi connectivity index (χ0) is 11.3. The lowest BCUT2D eigenvalue weighted by Gasteiger charge is -1.97. The number of rotatable bonds is 5. The summed E-state index contributed by atoms with van der Waals surface area (Å²) >= 11 is 1.40. The zero-order valence-corrected chi connectivity index (χ0v) is 9.93. The van der Waals surface area contributed by atoms with Crippen LogP contribution in [0.3, 0.4) is 0 Å². The van der Waals surface area contributed by atoms with Crippen LogP contribution in [0.4, 0.5) is 0 Å². The largest absolute Gasteiger partial charge is 0.416 e. The molecule has 1 amide bonds. The van der Waals surface area contributed by atoms with Crippen molar-refractivity contribution in [2.75, 3.05) is 12.8 Å². The summed E-state index contributed by atoms with van der Waals surface area (Å²) in [5, 5.41) is 10.9. The third-order valence-electron chi connectivity index (χ3n) is 1.75. The van der Waals surface area contributed by atoms with Crippen LogP contribution in [0.5, 0.6) is 0 Å². The molecule has 1 aromatic rings. The van der Waals surface area contributed by atoms with Crippen LogP contribution in [0.2, 0.25) is 0 Å². The summed E-state index contributed by atoms with van der Waals surface area (Å²) in [6.07, 6.45) is 0.459. The molecule has 6 heteroatoms. The highest BCUT2D eigenvalue weighted by molar-refractivity contribution is 7.99. The molecule has 0 spiro atoms. The lowest BCUT2D eigenvalue weighted by atomic mass is 10.2. The first-order valence-corrected chi connectivity index (χ1v) is 5.78. The number of aromatic nitrogens is 2. The molecule has 1 heterocycles. The van der Waals surface area contributed by atoms with E-state index in [1.54, 1.807) is 7.05 Å². The first-order chi connectivity index (χ1) is 7.13. The highest BCUT2D eigenvalue weighted by atomic mass is 32.2. The number of amides is 1. The summed E-state index contributed by atoms with van der Waals surface area (Å²) in [4.78, 5) is 10.9.